The molecule has 0 amide bonds. The summed E-state index contributed by atoms with van der Waals surface area (Å²) in [5, 5.41) is 1.20. The number of H-pyrrole nitrogens is 1. The highest BCUT2D eigenvalue weighted by molar-refractivity contribution is 7.89. The molecule has 5 heteroatoms. The van der Waals surface area contributed by atoms with Gasteiger partial charge in [0, 0.05) is 35.2 Å². The van der Waals surface area contributed by atoms with Crippen LogP contribution in [-0.4, -0.2) is 30.8 Å². The van der Waals surface area contributed by atoms with E-state index in [1.807, 2.05) is 24.3 Å². The van der Waals surface area contributed by atoms with Crippen LogP contribution in [0.3, 0.4) is 0 Å². The van der Waals surface area contributed by atoms with Gasteiger partial charge in [0.15, 0.2) is 0 Å². The molecule has 4 rings (SSSR count). The number of benzene rings is 2. The number of aromatic nitrogens is 1. The minimum atomic E-state index is -3.45. The average Bonchev–Trinajstić information content (AvgIpc) is 3.04. The number of aryl methyl sites for hydroxylation is 2. The van der Waals surface area contributed by atoms with Crippen molar-refractivity contribution in [1.29, 1.82) is 0 Å². The molecule has 1 N–H and O–H groups in total. The Labute approximate surface area is 160 Å². The molecule has 0 bridgehead atoms. The standard InChI is InChI=1S/C22H24N2O2S/c1-3-17-8-10-19(11-9-17)27(25,26)24-14-12-18(13-15-24)22-16(2)23-21-7-5-4-6-20(21)22/h4-12,23H,3,13-15H2,1-2H3. The Bertz CT molecular complexity index is 1110. The van der Waals surface area contributed by atoms with Gasteiger partial charge in [0.2, 0.25) is 10.0 Å². The van der Waals surface area contributed by atoms with E-state index in [0.29, 0.717) is 18.0 Å². The number of fused-ring (bicyclic) bond motifs is 1. The number of nitrogens with one attached hydrogen (secondary N) is 1. The van der Waals surface area contributed by atoms with Gasteiger partial charge in [-0.1, -0.05) is 43.3 Å². The zero-order valence-electron chi connectivity index (χ0n) is 15.7. The van der Waals surface area contributed by atoms with Crippen molar-refractivity contribution in [1.82, 2.24) is 9.29 Å². The van der Waals surface area contributed by atoms with Crippen molar-refractivity contribution in [2.24, 2.45) is 0 Å². The maximum Gasteiger partial charge on any atom is 0.243 e. The molecule has 0 saturated carbocycles. The maximum absolute atomic E-state index is 12.9. The number of hydrogen-bond acceptors (Lipinski definition) is 2. The fourth-order valence-corrected chi connectivity index (χ4v) is 5.21. The first kappa shape index (κ1) is 18.0. The molecule has 0 unspecified atom stereocenters. The third kappa shape index (κ3) is 3.22. The fourth-order valence-electron chi connectivity index (χ4n) is 3.83. The molecule has 0 fully saturated rings. The highest BCUT2D eigenvalue weighted by atomic mass is 32.2. The van der Waals surface area contributed by atoms with Crippen LogP contribution in [0, 0.1) is 6.92 Å². The van der Waals surface area contributed by atoms with Gasteiger partial charge in [-0.3, -0.25) is 0 Å². The van der Waals surface area contributed by atoms with E-state index in [9.17, 15) is 8.42 Å². The van der Waals surface area contributed by atoms with E-state index in [2.05, 4.69) is 37.0 Å². The molecule has 4 nitrogen and oxygen atoms in total. The predicted molar refractivity (Wildman–Crippen MR) is 110 cm³/mol. The second kappa shape index (κ2) is 6.98. The van der Waals surface area contributed by atoms with Crippen LogP contribution in [0.1, 0.15) is 30.2 Å². The van der Waals surface area contributed by atoms with E-state index in [1.165, 1.54) is 16.5 Å². The average molecular weight is 381 g/mol. The third-order valence-electron chi connectivity index (χ3n) is 5.36. The lowest BCUT2D eigenvalue weighted by Crippen LogP contribution is -2.34. The highest BCUT2D eigenvalue weighted by Crippen LogP contribution is 2.33. The second-order valence-corrected chi connectivity index (χ2v) is 8.95. The number of sulfonamides is 1. The minimum absolute atomic E-state index is 0.375. The quantitative estimate of drug-likeness (QED) is 0.724. The first-order valence-corrected chi connectivity index (χ1v) is 10.8. The first-order valence-electron chi connectivity index (χ1n) is 9.36. The zero-order chi connectivity index (χ0) is 19.0. The largest absolute Gasteiger partial charge is 0.358 e. The molecule has 1 aliphatic heterocycles. The van der Waals surface area contributed by atoms with Crippen molar-refractivity contribution >= 4 is 26.5 Å². The van der Waals surface area contributed by atoms with Crippen LogP contribution < -0.4 is 0 Å². The van der Waals surface area contributed by atoms with Gasteiger partial charge in [0.1, 0.15) is 0 Å². The summed E-state index contributed by atoms with van der Waals surface area (Å²) >= 11 is 0. The fraction of sp³-hybridized carbons (Fsp3) is 0.273. The highest BCUT2D eigenvalue weighted by Gasteiger charge is 2.27. The topological polar surface area (TPSA) is 53.2 Å². The van der Waals surface area contributed by atoms with E-state index >= 15 is 0 Å². The molecule has 3 aromatic rings. The summed E-state index contributed by atoms with van der Waals surface area (Å²) in [6, 6.07) is 15.5. The molecule has 1 aromatic heterocycles. The van der Waals surface area contributed by atoms with Crippen molar-refractivity contribution in [2.45, 2.75) is 31.6 Å². The molecule has 0 atom stereocenters. The minimum Gasteiger partial charge on any atom is -0.358 e. The molecule has 2 heterocycles. The Balaban J connectivity index is 1.61. The first-order chi connectivity index (χ1) is 13.0. The van der Waals surface area contributed by atoms with Crippen molar-refractivity contribution in [3.05, 3.63) is 71.4 Å². The summed E-state index contributed by atoms with van der Waals surface area (Å²) in [5.74, 6) is 0. The number of hydrogen-bond donors (Lipinski definition) is 1. The summed E-state index contributed by atoms with van der Waals surface area (Å²) in [6.07, 6.45) is 3.68. The van der Waals surface area contributed by atoms with Gasteiger partial charge in [-0.2, -0.15) is 4.31 Å². The number of nitrogens with zero attached hydrogens (tertiary/aromatic N) is 1. The van der Waals surface area contributed by atoms with Crippen LogP contribution in [0.15, 0.2) is 59.5 Å². The molecule has 1 aliphatic rings. The van der Waals surface area contributed by atoms with Crippen LogP contribution in [-0.2, 0) is 16.4 Å². The number of aromatic amines is 1. The van der Waals surface area contributed by atoms with Crippen molar-refractivity contribution < 1.29 is 8.42 Å². The molecule has 0 spiro atoms. The summed E-state index contributed by atoms with van der Waals surface area (Å²) in [4.78, 5) is 3.80. The Morgan fingerprint density at radius 1 is 1.07 bits per heavy atom. The third-order valence-corrected chi connectivity index (χ3v) is 7.24. The van der Waals surface area contributed by atoms with Gasteiger partial charge in [-0.05, 0) is 49.1 Å². The lowest BCUT2D eigenvalue weighted by atomic mass is 9.97. The Kier molecular flexibility index (Phi) is 4.66. The van der Waals surface area contributed by atoms with Crippen LogP contribution in [0.5, 0.6) is 0 Å². The van der Waals surface area contributed by atoms with E-state index in [1.54, 1.807) is 16.4 Å². The summed E-state index contributed by atoms with van der Waals surface area (Å²) in [6.45, 7) is 5.05. The monoisotopic (exact) mass is 380 g/mol. The molecule has 0 aliphatic carbocycles. The lowest BCUT2D eigenvalue weighted by Gasteiger charge is -2.26. The van der Waals surface area contributed by atoms with Gasteiger partial charge in [0.25, 0.3) is 0 Å². The van der Waals surface area contributed by atoms with Gasteiger partial charge < -0.3 is 4.98 Å². The lowest BCUT2D eigenvalue weighted by molar-refractivity contribution is 0.441. The van der Waals surface area contributed by atoms with Gasteiger partial charge >= 0.3 is 0 Å². The molecule has 0 radical (unpaired) electrons. The zero-order valence-corrected chi connectivity index (χ0v) is 16.5. The van der Waals surface area contributed by atoms with Crippen molar-refractivity contribution in [2.75, 3.05) is 13.1 Å². The number of rotatable bonds is 4. The summed E-state index contributed by atoms with van der Waals surface area (Å²) < 4.78 is 27.5. The second-order valence-electron chi connectivity index (χ2n) is 7.01. The van der Waals surface area contributed by atoms with Crippen LogP contribution >= 0.6 is 0 Å². The summed E-state index contributed by atoms with van der Waals surface area (Å²) in [5.41, 5.74) is 5.84. The van der Waals surface area contributed by atoms with Crippen molar-refractivity contribution in [3.8, 4) is 0 Å². The van der Waals surface area contributed by atoms with Crippen molar-refractivity contribution in [3.63, 3.8) is 0 Å². The Morgan fingerprint density at radius 3 is 2.48 bits per heavy atom. The van der Waals surface area contributed by atoms with Gasteiger partial charge in [-0.15, -0.1) is 0 Å². The van der Waals surface area contributed by atoms with E-state index in [-0.39, 0.29) is 0 Å². The summed E-state index contributed by atoms with van der Waals surface area (Å²) in [7, 11) is -3.45. The van der Waals surface area contributed by atoms with Gasteiger partial charge in [0.05, 0.1) is 4.90 Å². The molecule has 140 valence electrons. The van der Waals surface area contributed by atoms with Crippen LogP contribution in [0.2, 0.25) is 0 Å². The SMILES string of the molecule is CCc1ccc(S(=O)(=O)N2CC=C(c3c(C)[nH]c4ccccc34)CC2)cc1. The van der Waals surface area contributed by atoms with Gasteiger partial charge in [-0.25, -0.2) is 8.42 Å². The molecule has 2 aromatic carbocycles. The van der Waals surface area contributed by atoms with E-state index in [0.717, 1.165) is 29.6 Å². The normalized spacial score (nSPS) is 15.9. The molecule has 27 heavy (non-hydrogen) atoms. The smallest absolute Gasteiger partial charge is 0.243 e. The number of para-hydroxylation sites is 1. The van der Waals surface area contributed by atoms with Crippen LogP contribution in [0.4, 0.5) is 0 Å². The van der Waals surface area contributed by atoms with E-state index in [4.69, 9.17) is 0 Å². The molecular formula is C22H24N2O2S. The maximum atomic E-state index is 12.9. The Morgan fingerprint density at radius 2 is 1.81 bits per heavy atom. The Hall–Kier alpha value is -2.37. The van der Waals surface area contributed by atoms with E-state index < -0.39 is 10.0 Å². The molecular weight excluding hydrogens is 356 g/mol. The predicted octanol–water partition coefficient (Wildman–Crippen LogP) is 4.52. The molecule has 0 saturated heterocycles. The van der Waals surface area contributed by atoms with Crippen LogP contribution in [0.25, 0.3) is 16.5 Å².